The molecule has 0 aliphatic carbocycles. The van der Waals surface area contributed by atoms with Crippen molar-refractivity contribution >= 4 is 51.6 Å². The molecular weight excluding hydrogens is 361 g/mol. The van der Waals surface area contributed by atoms with Crippen LogP contribution in [0.4, 0.5) is 0 Å². The Bertz CT molecular complexity index is 733. The zero-order valence-electron chi connectivity index (χ0n) is 11.5. The fourth-order valence-electron chi connectivity index (χ4n) is 2.05. The molecule has 0 aromatic heterocycles. The number of halogens is 3. The number of aliphatic imine (C=N–C) groups is 1. The van der Waals surface area contributed by atoms with Crippen molar-refractivity contribution in [3.63, 3.8) is 0 Å². The van der Waals surface area contributed by atoms with Gasteiger partial charge in [-0.3, -0.25) is 4.99 Å². The summed E-state index contributed by atoms with van der Waals surface area (Å²) in [5, 5.41) is 2.79. The first kappa shape index (κ1) is 16.0. The number of ether oxygens (including phenoxy) is 1. The molecule has 2 nitrogen and oxygen atoms in total. The fraction of sp³-hybridized carbons (Fsp3) is 0.188. The molecule has 2 aromatic rings. The topological polar surface area (TPSA) is 21.6 Å². The van der Waals surface area contributed by atoms with Gasteiger partial charge in [0.05, 0.1) is 10.1 Å². The summed E-state index contributed by atoms with van der Waals surface area (Å²) in [6, 6.07) is 11.0. The molecule has 0 atom stereocenters. The highest BCUT2D eigenvalue weighted by molar-refractivity contribution is 8.14. The van der Waals surface area contributed by atoms with Crippen molar-refractivity contribution in [2.75, 3.05) is 12.3 Å². The van der Waals surface area contributed by atoms with E-state index in [9.17, 15) is 0 Å². The summed E-state index contributed by atoms with van der Waals surface area (Å²) < 4.78 is 5.76. The summed E-state index contributed by atoms with van der Waals surface area (Å²) >= 11 is 20.1. The standard InChI is InChI=1S/C16H12Cl3NOS/c17-12-3-1-11(13(18)8-12)9-21-15-4-2-10(7-14(15)19)16-20-5-6-22-16/h1-4,7-8H,5-6,9H2. The van der Waals surface area contributed by atoms with Crippen LogP contribution >= 0.6 is 46.6 Å². The summed E-state index contributed by atoms with van der Waals surface area (Å²) in [6.45, 7) is 1.20. The van der Waals surface area contributed by atoms with Gasteiger partial charge in [-0.15, -0.1) is 11.8 Å². The average Bonchev–Trinajstić information content (AvgIpc) is 3.02. The van der Waals surface area contributed by atoms with Crippen LogP contribution in [0.1, 0.15) is 11.1 Å². The minimum atomic E-state index is 0.338. The number of hydrogen-bond acceptors (Lipinski definition) is 3. The predicted molar refractivity (Wildman–Crippen MR) is 96.1 cm³/mol. The Kier molecular flexibility index (Phi) is 5.19. The molecule has 0 N–H and O–H groups in total. The summed E-state index contributed by atoms with van der Waals surface area (Å²) in [6.07, 6.45) is 0. The van der Waals surface area contributed by atoms with E-state index in [0.29, 0.717) is 27.4 Å². The van der Waals surface area contributed by atoms with E-state index in [1.165, 1.54) is 0 Å². The molecule has 1 aliphatic heterocycles. The lowest BCUT2D eigenvalue weighted by Gasteiger charge is -2.11. The second kappa shape index (κ2) is 7.14. The zero-order valence-corrected chi connectivity index (χ0v) is 14.6. The summed E-state index contributed by atoms with van der Waals surface area (Å²) in [5.41, 5.74) is 1.89. The molecule has 1 aliphatic rings. The van der Waals surface area contributed by atoms with E-state index in [4.69, 9.17) is 39.5 Å². The van der Waals surface area contributed by atoms with Crippen LogP contribution in [0, 0.1) is 0 Å². The summed E-state index contributed by atoms with van der Waals surface area (Å²) in [5.74, 6) is 1.65. The molecule has 22 heavy (non-hydrogen) atoms. The van der Waals surface area contributed by atoms with Crippen LogP contribution in [0.3, 0.4) is 0 Å². The van der Waals surface area contributed by atoms with Crippen molar-refractivity contribution in [3.8, 4) is 5.75 Å². The highest BCUT2D eigenvalue weighted by atomic mass is 35.5. The van der Waals surface area contributed by atoms with E-state index >= 15 is 0 Å². The Morgan fingerprint density at radius 1 is 1.05 bits per heavy atom. The van der Waals surface area contributed by atoms with Gasteiger partial charge in [-0.1, -0.05) is 40.9 Å². The van der Waals surface area contributed by atoms with Crippen molar-refractivity contribution in [2.45, 2.75) is 6.61 Å². The molecule has 0 fully saturated rings. The monoisotopic (exact) mass is 371 g/mol. The third kappa shape index (κ3) is 3.72. The van der Waals surface area contributed by atoms with Crippen molar-refractivity contribution in [2.24, 2.45) is 4.99 Å². The molecule has 0 bridgehead atoms. The van der Waals surface area contributed by atoms with Crippen LogP contribution in [-0.2, 0) is 6.61 Å². The number of thioether (sulfide) groups is 1. The predicted octanol–water partition coefficient (Wildman–Crippen LogP) is 5.72. The Morgan fingerprint density at radius 2 is 1.91 bits per heavy atom. The van der Waals surface area contributed by atoms with E-state index in [0.717, 1.165) is 28.5 Å². The van der Waals surface area contributed by atoms with Crippen molar-refractivity contribution in [1.82, 2.24) is 0 Å². The Morgan fingerprint density at radius 3 is 2.59 bits per heavy atom. The molecule has 114 valence electrons. The molecule has 0 unspecified atom stereocenters. The van der Waals surface area contributed by atoms with Gasteiger partial charge in [-0.05, 0) is 30.3 Å². The maximum absolute atomic E-state index is 6.30. The van der Waals surface area contributed by atoms with E-state index < -0.39 is 0 Å². The lowest BCUT2D eigenvalue weighted by molar-refractivity contribution is 0.306. The normalized spacial score (nSPS) is 14.0. The molecule has 0 saturated heterocycles. The molecule has 0 amide bonds. The molecule has 1 heterocycles. The van der Waals surface area contributed by atoms with Crippen LogP contribution in [-0.4, -0.2) is 17.3 Å². The van der Waals surface area contributed by atoms with Gasteiger partial charge in [0.2, 0.25) is 0 Å². The Hall–Kier alpha value is -0.870. The smallest absolute Gasteiger partial charge is 0.138 e. The minimum absolute atomic E-state index is 0.338. The summed E-state index contributed by atoms with van der Waals surface area (Å²) in [7, 11) is 0. The van der Waals surface area contributed by atoms with Crippen LogP contribution in [0.2, 0.25) is 15.1 Å². The van der Waals surface area contributed by atoms with Gasteiger partial charge < -0.3 is 4.74 Å². The van der Waals surface area contributed by atoms with Crippen LogP contribution in [0.5, 0.6) is 5.75 Å². The molecule has 3 rings (SSSR count). The molecule has 0 spiro atoms. The van der Waals surface area contributed by atoms with E-state index in [2.05, 4.69) is 4.99 Å². The average molecular weight is 373 g/mol. The first-order valence-electron chi connectivity index (χ1n) is 6.67. The third-order valence-electron chi connectivity index (χ3n) is 3.16. The molecule has 0 saturated carbocycles. The van der Waals surface area contributed by atoms with Gasteiger partial charge in [-0.2, -0.15) is 0 Å². The van der Waals surface area contributed by atoms with E-state index in [-0.39, 0.29) is 0 Å². The first-order chi connectivity index (χ1) is 10.6. The number of nitrogens with zero attached hydrogens (tertiary/aromatic N) is 1. The number of hydrogen-bond donors (Lipinski definition) is 0. The molecular formula is C16H12Cl3NOS. The quantitative estimate of drug-likeness (QED) is 0.684. The Balaban J connectivity index is 1.72. The molecule has 0 radical (unpaired) electrons. The number of rotatable bonds is 4. The lowest BCUT2D eigenvalue weighted by atomic mass is 10.2. The van der Waals surface area contributed by atoms with Crippen molar-refractivity contribution in [3.05, 3.63) is 62.6 Å². The zero-order chi connectivity index (χ0) is 15.5. The van der Waals surface area contributed by atoms with Crippen molar-refractivity contribution < 1.29 is 4.74 Å². The van der Waals surface area contributed by atoms with Crippen molar-refractivity contribution in [1.29, 1.82) is 0 Å². The van der Waals surface area contributed by atoms with Gasteiger partial charge in [0, 0.05) is 33.5 Å². The van der Waals surface area contributed by atoms with Crippen LogP contribution in [0.15, 0.2) is 41.4 Å². The summed E-state index contributed by atoms with van der Waals surface area (Å²) in [4.78, 5) is 4.44. The number of benzene rings is 2. The lowest BCUT2D eigenvalue weighted by Crippen LogP contribution is -1.98. The first-order valence-corrected chi connectivity index (χ1v) is 8.79. The maximum Gasteiger partial charge on any atom is 0.138 e. The second-order valence-electron chi connectivity index (χ2n) is 4.70. The van der Waals surface area contributed by atoms with Gasteiger partial charge in [-0.25, -0.2) is 0 Å². The van der Waals surface area contributed by atoms with E-state index in [1.54, 1.807) is 23.9 Å². The van der Waals surface area contributed by atoms with Gasteiger partial charge >= 0.3 is 0 Å². The fourth-order valence-corrected chi connectivity index (χ4v) is 3.61. The maximum atomic E-state index is 6.30. The van der Waals surface area contributed by atoms with Crippen LogP contribution in [0.25, 0.3) is 0 Å². The third-order valence-corrected chi connectivity index (χ3v) is 5.07. The SMILES string of the molecule is Clc1ccc(COc2ccc(C3=NCCS3)cc2Cl)c(Cl)c1. The largest absolute Gasteiger partial charge is 0.487 e. The highest BCUT2D eigenvalue weighted by Crippen LogP contribution is 2.30. The van der Waals surface area contributed by atoms with Gasteiger partial charge in [0.25, 0.3) is 0 Å². The Labute approximate surface area is 148 Å². The molecule has 2 aromatic carbocycles. The second-order valence-corrected chi connectivity index (χ2v) is 7.04. The van der Waals surface area contributed by atoms with Crippen LogP contribution < -0.4 is 4.74 Å². The van der Waals surface area contributed by atoms with E-state index in [1.807, 2.05) is 24.3 Å². The van der Waals surface area contributed by atoms with Gasteiger partial charge in [0.1, 0.15) is 12.4 Å². The minimum Gasteiger partial charge on any atom is -0.487 e. The van der Waals surface area contributed by atoms with Gasteiger partial charge in [0.15, 0.2) is 0 Å². The molecule has 6 heteroatoms. The highest BCUT2D eigenvalue weighted by Gasteiger charge is 2.12.